The third-order valence-corrected chi connectivity index (χ3v) is 4.90. The van der Waals surface area contributed by atoms with Crippen LogP contribution in [0.2, 0.25) is 0 Å². The van der Waals surface area contributed by atoms with Gasteiger partial charge >= 0.3 is 0 Å². The largest absolute Gasteiger partial charge is 0.486 e. The van der Waals surface area contributed by atoms with Gasteiger partial charge < -0.3 is 19.1 Å². The number of para-hydroxylation sites is 1. The first-order valence-corrected chi connectivity index (χ1v) is 10.3. The second-order valence-electron chi connectivity index (χ2n) is 7.04. The number of hydrogen-bond acceptors (Lipinski definition) is 5. The number of rotatable bonds is 7. The Morgan fingerprint density at radius 2 is 1.75 bits per heavy atom. The van der Waals surface area contributed by atoms with E-state index in [9.17, 15) is 10.1 Å². The molecule has 0 fully saturated rings. The molecule has 1 aliphatic rings. The number of hydrogen-bond donors (Lipinski definition) is 0. The van der Waals surface area contributed by atoms with E-state index in [1.54, 1.807) is 41.3 Å². The number of fused-ring (bicyclic) bond motifs is 1. The molecule has 0 bridgehead atoms. The van der Waals surface area contributed by atoms with E-state index in [0.717, 1.165) is 5.56 Å². The van der Waals surface area contributed by atoms with E-state index in [4.69, 9.17) is 14.2 Å². The monoisotopic (exact) mass is 426 g/mol. The van der Waals surface area contributed by atoms with Crippen LogP contribution < -0.4 is 19.1 Å². The number of nitriles is 1. The highest BCUT2D eigenvalue weighted by atomic mass is 16.6. The van der Waals surface area contributed by atoms with E-state index in [-0.39, 0.29) is 12.5 Å². The number of benzene rings is 3. The lowest BCUT2D eigenvalue weighted by Crippen LogP contribution is -2.35. The minimum absolute atomic E-state index is 0.202. The van der Waals surface area contributed by atoms with E-state index < -0.39 is 0 Å². The fourth-order valence-corrected chi connectivity index (χ4v) is 3.31. The molecule has 1 aliphatic heterocycles. The molecule has 3 aromatic carbocycles. The van der Waals surface area contributed by atoms with Gasteiger partial charge in [-0.2, -0.15) is 5.26 Å². The molecular weight excluding hydrogens is 404 g/mol. The lowest BCUT2D eigenvalue weighted by molar-refractivity contribution is -0.120. The molecule has 0 aliphatic carbocycles. The molecule has 0 spiro atoms. The summed E-state index contributed by atoms with van der Waals surface area (Å²) in [6.07, 6.45) is 3.89. The van der Waals surface area contributed by atoms with Crippen molar-refractivity contribution in [1.29, 1.82) is 5.26 Å². The number of amides is 1. The highest BCUT2D eigenvalue weighted by Gasteiger charge is 2.19. The van der Waals surface area contributed by atoms with Crippen molar-refractivity contribution in [2.45, 2.75) is 0 Å². The van der Waals surface area contributed by atoms with Crippen molar-refractivity contribution in [3.63, 3.8) is 0 Å². The Labute approximate surface area is 186 Å². The SMILES string of the molecule is N#Cc1ccccc1OCC(=O)N(C/C=C/c1ccccc1)c1ccc2c(c1)OCCO2. The minimum atomic E-state index is -0.243. The molecule has 6 heteroatoms. The van der Waals surface area contributed by atoms with Gasteiger partial charge in [0.15, 0.2) is 18.1 Å². The van der Waals surface area contributed by atoms with Crippen LogP contribution in [0.5, 0.6) is 17.2 Å². The molecule has 0 aromatic heterocycles. The smallest absolute Gasteiger partial charge is 0.265 e. The Morgan fingerprint density at radius 3 is 2.56 bits per heavy atom. The number of anilines is 1. The fraction of sp³-hybridized carbons (Fsp3) is 0.154. The fourth-order valence-electron chi connectivity index (χ4n) is 3.31. The van der Waals surface area contributed by atoms with Crippen molar-refractivity contribution < 1.29 is 19.0 Å². The lowest BCUT2D eigenvalue weighted by atomic mass is 10.2. The van der Waals surface area contributed by atoms with E-state index in [2.05, 4.69) is 6.07 Å². The summed E-state index contributed by atoms with van der Waals surface area (Å²) in [5.41, 5.74) is 2.10. The standard InChI is InChI=1S/C26H22N2O4/c27-18-21-10-4-5-11-23(21)32-19-26(29)28(14-6-9-20-7-2-1-3-8-20)22-12-13-24-25(17-22)31-16-15-30-24/h1-13,17H,14-16,19H2/b9-6+. The highest BCUT2D eigenvalue weighted by molar-refractivity contribution is 5.95. The van der Waals surface area contributed by atoms with Gasteiger partial charge in [-0.05, 0) is 29.8 Å². The Bertz CT molecular complexity index is 1150. The van der Waals surface area contributed by atoms with Gasteiger partial charge in [0.1, 0.15) is 25.0 Å². The first-order valence-electron chi connectivity index (χ1n) is 10.3. The maximum absolute atomic E-state index is 13.1. The minimum Gasteiger partial charge on any atom is -0.486 e. The summed E-state index contributed by atoms with van der Waals surface area (Å²) in [5.74, 6) is 1.40. The summed E-state index contributed by atoms with van der Waals surface area (Å²) in [6.45, 7) is 1.11. The second-order valence-corrected chi connectivity index (χ2v) is 7.04. The molecule has 0 saturated heterocycles. The Balaban J connectivity index is 1.54. The van der Waals surface area contributed by atoms with Crippen molar-refractivity contribution in [1.82, 2.24) is 0 Å². The molecule has 0 saturated carbocycles. The maximum Gasteiger partial charge on any atom is 0.265 e. The van der Waals surface area contributed by atoms with E-state index in [1.807, 2.05) is 48.6 Å². The molecule has 0 N–H and O–H groups in total. The van der Waals surface area contributed by atoms with Crippen LogP contribution >= 0.6 is 0 Å². The molecule has 0 atom stereocenters. The molecule has 3 aromatic rings. The van der Waals surface area contributed by atoms with Crippen LogP contribution in [-0.4, -0.2) is 32.3 Å². The summed E-state index contributed by atoms with van der Waals surface area (Å²) >= 11 is 0. The molecular formula is C26H22N2O4. The molecule has 6 nitrogen and oxygen atoms in total. The van der Waals surface area contributed by atoms with Crippen molar-refractivity contribution >= 4 is 17.7 Å². The number of ether oxygens (including phenoxy) is 3. The van der Waals surface area contributed by atoms with E-state index >= 15 is 0 Å². The molecule has 4 rings (SSSR count). The summed E-state index contributed by atoms with van der Waals surface area (Å²) in [6, 6.07) is 24.2. The van der Waals surface area contributed by atoms with Crippen molar-refractivity contribution in [2.75, 3.05) is 31.3 Å². The van der Waals surface area contributed by atoms with Gasteiger partial charge in [-0.25, -0.2) is 0 Å². The molecule has 32 heavy (non-hydrogen) atoms. The number of carbonyl (C=O) groups excluding carboxylic acids is 1. The maximum atomic E-state index is 13.1. The van der Waals surface area contributed by atoms with Crippen LogP contribution in [0.4, 0.5) is 5.69 Å². The highest BCUT2D eigenvalue weighted by Crippen LogP contribution is 2.34. The Kier molecular flexibility index (Phi) is 6.69. The molecule has 0 radical (unpaired) electrons. The average Bonchev–Trinajstić information content (AvgIpc) is 2.85. The van der Waals surface area contributed by atoms with Crippen LogP contribution in [-0.2, 0) is 4.79 Å². The summed E-state index contributed by atoms with van der Waals surface area (Å²) in [4.78, 5) is 14.8. The van der Waals surface area contributed by atoms with Crippen molar-refractivity contribution in [3.8, 4) is 23.3 Å². The van der Waals surface area contributed by atoms with E-state index in [1.165, 1.54) is 0 Å². The van der Waals surface area contributed by atoms with Gasteiger partial charge in [0.05, 0.1) is 5.56 Å². The molecule has 160 valence electrons. The van der Waals surface area contributed by atoms with E-state index in [0.29, 0.717) is 48.3 Å². The number of carbonyl (C=O) groups is 1. The molecule has 1 amide bonds. The quantitative estimate of drug-likeness (QED) is 0.558. The summed E-state index contributed by atoms with van der Waals surface area (Å²) in [7, 11) is 0. The zero-order valence-corrected chi connectivity index (χ0v) is 17.4. The van der Waals surface area contributed by atoms with Gasteiger partial charge in [0.2, 0.25) is 0 Å². The first kappa shape index (κ1) is 21.0. The topological polar surface area (TPSA) is 71.8 Å². The van der Waals surface area contributed by atoms with Gasteiger partial charge in [0, 0.05) is 18.3 Å². The normalized spacial score (nSPS) is 12.2. The predicted octanol–water partition coefficient (Wildman–Crippen LogP) is 4.45. The zero-order chi connectivity index (χ0) is 22.2. The predicted molar refractivity (Wildman–Crippen MR) is 122 cm³/mol. The van der Waals surface area contributed by atoms with Gasteiger partial charge in [-0.1, -0.05) is 54.6 Å². The Morgan fingerprint density at radius 1 is 1.00 bits per heavy atom. The van der Waals surface area contributed by atoms with Crippen LogP contribution in [0.1, 0.15) is 11.1 Å². The molecule has 0 unspecified atom stereocenters. The average molecular weight is 426 g/mol. The van der Waals surface area contributed by atoms with Crippen LogP contribution in [0.3, 0.4) is 0 Å². The Hall–Kier alpha value is -4.24. The zero-order valence-electron chi connectivity index (χ0n) is 17.4. The van der Waals surface area contributed by atoms with Crippen LogP contribution in [0.25, 0.3) is 6.08 Å². The van der Waals surface area contributed by atoms with Gasteiger partial charge in [0.25, 0.3) is 5.91 Å². The third kappa shape index (κ3) is 5.08. The van der Waals surface area contributed by atoms with Crippen LogP contribution in [0.15, 0.2) is 78.9 Å². The van der Waals surface area contributed by atoms with Gasteiger partial charge in [-0.3, -0.25) is 4.79 Å². The summed E-state index contributed by atoms with van der Waals surface area (Å²) in [5, 5.41) is 9.25. The van der Waals surface area contributed by atoms with Gasteiger partial charge in [-0.15, -0.1) is 0 Å². The second kappa shape index (κ2) is 10.2. The van der Waals surface area contributed by atoms with Crippen molar-refractivity contribution in [3.05, 3.63) is 90.0 Å². The third-order valence-electron chi connectivity index (χ3n) is 4.90. The number of nitrogens with zero attached hydrogens (tertiary/aromatic N) is 2. The lowest BCUT2D eigenvalue weighted by Gasteiger charge is -2.24. The molecule has 1 heterocycles. The summed E-state index contributed by atoms with van der Waals surface area (Å²) < 4.78 is 16.9. The first-order chi connectivity index (χ1) is 15.7. The van der Waals surface area contributed by atoms with Crippen molar-refractivity contribution in [2.24, 2.45) is 0 Å². The van der Waals surface area contributed by atoms with Crippen LogP contribution in [0, 0.1) is 11.3 Å².